The summed E-state index contributed by atoms with van der Waals surface area (Å²) in [5.74, 6) is -0.199. The van der Waals surface area contributed by atoms with E-state index in [1.165, 1.54) is 0 Å². The van der Waals surface area contributed by atoms with Gasteiger partial charge in [-0.3, -0.25) is 9.59 Å². The molecule has 162 valence electrons. The summed E-state index contributed by atoms with van der Waals surface area (Å²) in [7, 11) is 0. The lowest BCUT2D eigenvalue weighted by molar-refractivity contribution is 0.00924. The number of pyridine rings is 1. The molecule has 3 rings (SSSR count). The van der Waals surface area contributed by atoms with Gasteiger partial charge in [-0.1, -0.05) is 22.9 Å². The Kier molecular flexibility index (Phi) is 7.36. The topological polar surface area (TPSA) is 83.2 Å². The summed E-state index contributed by atoms with van der Waals surface area (Å²) in [6.07, 6.45) is 3.18. The number of H-pyrrole nitrogens is 1. The first-order chi connectivity index (χ1) is 14.3. The monoisotopic (exact) mass is 475 g/mol. The lowest BCUT2D eigenvalue weighted by atomic mass is 9.99. The third-order valence-electron chi connectivity index (χ3n) is 5.72. The fraction of sp³-hybridized carbons (Fsp3) is 0.478. The van der Waals surface area contributed by atoms with E-state index in [-0.39, 0.29) is 24.1 Å². The zero-order chi connectivity index (χ0) is 21.8. The minimum absolute atomic E-state index is 0.161. The van der Waals surface area contributed by atoms with E-state index in [1.54, 1.807) is 0 Å². The van der Waals surface area contributed by atoms with E-state index in [0.717, 1.165) is 52.9 Å². The average Bonchev–Trinajstić information content (AvgIpc) is 2.69. The van der Waals surface area contributed by atoms with Gasteiger partial charge in [0, 0.05) is 46.2 Å². The predicted octanol–water partition coefficient (Wildman–Crippen LogP) is 4.36. The van der Waals surface area contributed by atoms with Crippen LogP contribution >= 0.6 is 15.9 Å². The molecule has 1 aromatic carbocycles. The second-order valence-electron chi connectivity index (χ2n) is 8.02. The predicted molar refractivity (Wildman–Crippen MR) is 123 cm³/mol. The van der Waals surface area contributed by atoms with Gasteiger partial charge >= 0.3 is 0 Å². The van der Waals surface area contributed by atoms with Gasteiger partial charge < -0.3 is 20.4 Å². The third kappa shape index (κ3) is 5.32. The van der Waals surface area contributed by atoms with Gasteiger partial charge in [-0.05, 0) is 69.4 Å². The molecule has 0 bridgehead atoms. The van der Waals surface area contributed by atoms with Gasteiger partial charge in [-0.25, -0.2) is 0 Å². The van der Waals surface area contributed by atoms with Crippen LogP contribution in [-0.4, -0.2) is 29.6 Å². The van der Waals surface area contributed by atoms with Crippen molar-refractivity contribution in [2.75, 3.05) is 11.9 Å². The first kappa shape index (κ1) is 22.6. The van der Waals surface area contributed by atoms with Crippen LogP contribution in [0.3, 0.4) is 0 Å². The minimum Gasteiger partial charge on any atom is -0.382 e. The Balaban J connectivity index is 1.76. The number of aromatic nitrogens is 1. The van der Waals surface area contributed by atoms with E-state index in [0.29, 0.717) is 17.2 Å². The van der Waals surface area contributed by atoms with E-state index < -0.39 is 0 Å². The molecule has 3 N–H and O–H groups in total. The van der Waals surface area contributed by atoms with Crippen molar-refractivity contribution in [2.24, 2.45) is 0 Å². The first-order valence-corrected chi connectivity index (χ1v) is 11.2. The number of anilines is 1. The van der Waals surface area contributed by atoms with Crippen LogP contribution in [-0.2, 0) is 11.3 Å². The maximum absolute atomic E-state index is 12.9. The van der Waals surface area contributed by atoms with Crippen LogP contribution in [0.1, 0.15) is 58.9 Å². The molecule has 2 aromatic rings. The standard InChI is InChI=1S/C23H30BrN3O3/c1-5-18-11-17(6-7-30-18)27-21-10-16(24)9-19(15(21)4)22(28)25-12-20-13(2)8-14(3)26-23(20)29/h8-10,17-18,27H,5-7,11-12H2,1-4H3,(H,25,28)(H,26,29). The van der Waals surface area contributed by atoms with Gasteiger partial charge in [0.2, 0.25) is 0 Å². The molecule has 1 aliphatic rings. The van der Waals surface area contributed by atoms with E-state index in [2.05, 4.69) is 38.5 Å². The quantitative estimate of drug-likeness (QED) is 0.579. The van der Waals surface area contributed by atoms with Crippen LogP contribution in [0.4, 0.5) is 5.69 Å². The molecule has 0 radical (unpaired) electrons. The van der Waals surface area contributed by atoms with Crippen molar-refractivity contribution >= 4 is 27.5 Å². The lowest BCUT2D eigenvalue weighted by Gasteiger charge is -2.31. The highest BCUT2D eigenvalue weighted by Gasteiger charge is 2.23. The van der Waals surface area contributed by atoms with Crippen LogP contribution in [0.5, 0.6) is 0 Å². The zero-order valence-electron chi connectivity index (χ0n) is 18.0. The van der Waals surface area contributed by atoms with E-state index >= 15 is 0 Å². The fourth-order valence-corrected chi connectivity index (χ4v) is 4.40. The fourth-order valence-electron chi connectivity index (χ4n) is 3.95. The van der Waals surface area contributed by atoms with Gasteiger partial charge in [-0.15, -0.1) is 0 Å². The number of aromatic amines is 1. The number of carbonyl (C=O) groups excluding carboxylic acids is 1. The highest BCUT2D eigenvalue weighted by atomic mass is 79.9. The Morgan fingerprint density at radius 3 is 2.73 bits per heavy atom. The van der Waals surface area contributed by atoms with Crippen molar-refractivity contribution in [3.63, 3.8) is 0 Å². The Bertz CT molecular complexity index is 986. The molecule has 1 aliphatic heterocycles. The second kappa shape index (κ2) is 9.79. The molecule has 6 nitrogen and oxygen atoms in total. The molecule has 0 spiro atoms. The summed E-state index contributed by atoms with van der Waals surface area (Å²) >= 11 is 3.53. The van der Waals surface area contributed by atoms with E-state index in [4.69, 9.17) is 4.74 Å². The molecule has 2 atom stereocenters. The number of amides is 1. The summed E-state index contributed by atoms with van der Waals surface area (Å²) in [6.45, 7) is 8.75. The number of hydrogen-bond acceptors (Lipinski definition) is 4. The van der Waals surface area contributed by atoms with E-state index in [9.17, 15) is 9.59 Å². The van der Waals surface area contributed by atoms with Crippen LogP contribution in [0, 0.1) is 20.8 Å². The normalized spacial score (nSPS) is 18.8. The van der Waals surface area contributed by atoms with Gasteiger partial charge in [0.1, 0.15) is 0 Å². The number of aryl methyl sites for hydroxylation is 2. The molecule has 2 unspecified atom stereocenters. The molecule has 0 aliphatic carbocycles. The maximum atomic E-state index is 12.9. The summed E-state index contributed by atoms with van der Waals surface area (Å²) in [4.78, 5) is 27.9. The summed E-state index contributed by atoms with van der Waals surface area (Å²) in [5, 5.41) is 6.51. The van der Waals surface area contributed by atoms with Crippen molar-refractivity contribution < 1.29 is 9.53 Å². The summed E-state index contributed by atoms with van der Waals surface area (Å²) in [5.41, 5.74) is 4.52. The van der Waals surface area contributed by atoms with Gasteiger partial charge in [-0.2, -0.15) is 0 Å². The molecule has 1 amide bonds. The Hall–Kier alpha value is -2.12. The zero-order valence-corrected chi connectivity index (χ0v) is 19.6. The molecule has 0 saturated carbocycles. The molecule has 1 fully saturated rings. The van der Waals surface area contributed by atoms with Crippen molar-refractivity contribution in [3.05, 3.63) is 61.0 Å². The van der Waals surface area contributed by atoms with Gasteiger partial charge in [0.25, 0.3) is 11.5 Å². The number of rotatable bonds is 6. The number of carbonyl (C=O) groups is 1. The third-order valence-corrected chi connectivity index (χ3v) is 6.18. The number of nitrogens with one attached hydrogen (secondary N) is 3. The lowest BCUT2D eigenvalue weighted by Crippen LogP contribution is -2.34. The number of ether oxygens (including phenoxy) is 1. The molecule has 2 heterocycles. The highest BCUT2D eigenvalue weighted by molar-refractivity contribution is 9.10. The molecular weight excluding hydrogens is 446 g/mol. The smallest absolute Gasteiger partial charge is 0.253 e. The summed E-state index contributed by atoms with van der Waals surface area (Å²) < 4.78 is 6.61. The van der Waals surface area contributed by atoms with Crippen LogP contribution in [0.2, 0.25) is 0 Å². The summed E-state index contributed by atoms with van der Waals surface area (Å²) in [6, 6.07) is 6.06. The largest absolute Gasteiger partial charge is 0.382 e. The van der Waals surface area contributed by atoms with Gasteiger partial charge in [0.05, 0.1) is 6.10 Å². The average molecular weight is 476 g/mol. The molecule has 1 aromatic heterocycles. The Morgan fingerprint density at radius 2 is 2.03 bits per heavy atom. The van der Waals surface area contributed by atoms with Crippen LogP contribution in [0.25, 0.3) is 0 Å². The van der Waals surface area contributed by atoms with Crippen molar-refractivity contribution in [1.82, 2.24) is 10.3 Å². The Morgan fingerprint density at radius 1 is 1.27 bits per heavy atom. The second-order valence-corrected chi connectivity index (χ2v) is 8.93. The minimum atomic E-state index is -0.199. The molecular formula is C23H30BrN3O3. The first-order valence-electron chi connectivity index (χ1n) is 10.4. The van der Waals surface area contributed by atoms with Crippen molar-refractivity contribution in [3.8, 4) is 0 Å². The highest BCUT2D eigenvalue weighted by Crippen LogP contribution is 2.28. The molecule has 30 heavy (non-hydrogen) atoms. The number of halogens is 1. The number of hydrogen-bond donors (Lipinski definition) is 3. The Labute approximate surface area is 185 Å². The van der Waals surface area contributed by atoms with Crippen LogP contribution < -0.4 is 16.2 Å². The van der Waals surface area contributed by atoms with E-state index in [1.807, 2.05) is 39.0 Å². The number of benzene rings is 1. The van der Waals surface area contributed by atoms with Crippen molar-refractivity contribution in [2.45, 2.75) is 65.6 Å². The molecule has 1 saturated heterocycles. The maximum Gasteiger partial charge on any atom is 0.253 e. The SMILES string of the molecule is CCC1CC(Nc2cc(Br)cc(C(=O)NCc3c(C)cc(C)[nH]c3=O)c2C)CCO1. The molecule has 7 heteroatoms. The van der Waals surface area contributed by atoms with Gasteiger partial charge in [0.15, 0.2) is 0 Å². The van der Waals surface area contributed by atoms with Crippen LogP contribution in [0.15, 0.2) is 27.5 Å². The van der Waals surface area contributed by atoms with Crippen molar-refractivity contribution in [1.29, 1.82) is 0 Å².